The molecule has 140 valence electrons. The molecule has 0 saturated heterocycles. The molecule has 0 amide bonds. The van der Waals surface area contributed by atoms with Gasteiger partial charge >= 0.3 is 0 Å². The highest BCUT2D eigenvalue weighted by Crippen LogP contribution is 2.27. The predicted octanol–water partition coefficient (Wildman–Crippen LogP) is 4.80. The summed E-state index contributed by atoms with van der Waals surface area (Å²) in [5, 5.41) is 4.75. The topological polar surface area (TPSA) is 40.0 Å². The first kappa shape index (κ1) is 18.0. The molecule has 0 spiro atoms. The Bertz CT molecular complexity index is 1060. The molecule has 0 aliphatic carbocycles. The largest absolute Gasteiger partial charge is 0.378 e. The van der Waals surface area contributed by atoms with Crippen LogP contribution in [0.3, 0.4) is 0 Å². The summed E-state index contributed by atoms with van der Waals surface area (Å²) in [6.07, 6.45) is 0. The predicted molar refractivity (Wildman–Crippen MR) is 118 cm³/mol. The summed E-state index contributed by atoms with van der Waals surface area (Å²) >= 11 is 0. The van der Waals surface area contributed by atoms with Gasteiger partial charge < -0.3 is 4.90 Å². The molecule has 1 aliphatic heterocycles. The lowest BCUT2D eigenvalue weighted by molar-refractivity contribution is 1.03. The van der Waals surface area contributed by atoms with Crippen molar-refractivity contribution in [2.45, 2.75) is 13.8 Å². The van der Waals surface area contributed by atoms with E-state index in [-0.39, 0.29) is 0 Å². The number of benzene rings is 3. The van der Waals surface area contributed by atoms with E-state index in [1.807, 2.05) is 14.1 Å². The van der Waals surface area contributed by atoms with Crippen LogP contribution in [-0.2, 0) is 0 Å². The number of anilines is 1. The summed E-state index contributed by atoms with van der Waals surface area (Å²) in [7, 11) is 4.08. The van der Waals surface area contributed by atoms with Crippen LogP contribution >= 0.6 is 0 Å². The lowest BCUT2D eigenvalue weighted by atomic mass is 9.98. The molecule has 3 aromatic rings. The van der Waals surface area contributed by atoms with E-state index in [0.717, 1.165) is 39.6 Å². The van der Waals surface area contributed by atoms with Gasteiger partial charge in [0.2, 0.25) is 0 Å². The fourth-order valence-corrected chi connectivity index (χ4v) is 3.23. The first-order valence-corrected chi connectivity index (χ1v) is 9.39. The molecule has 0 saturated carbocycles. The van der Waals surface area contributed by atoms with Gasteiger partial charge in [-0.1, -0.05) is 53.6 Å². The van der Waals surface area contributed by atoms with Gasteiger partial charge in [-0.2, -0.15) is 5.10 Å². The van der Waals surface area contributed by atoms with Gasteiger partial charge in [0, 0.05) is 36.5 Å². The van der Waals surface area contributed by atoms with Crippen LogP contribution in [0, 0.1) is 13.8 Å². The van der Waals surface area contributed by atoms with Crippen molar-refractivity contribution in [1.82, 2.24) is 5.43 Å². The van der Waals surface area contributed by atoms with Gasteiger partial charge in [0.15, 0.2) is 5.84 Å². The van der Waals surface area contributed by atoms with E-state index in [2.05, 4.69) is 90.9 Å². The van der Waals surface area contributed by atoms with Crippen molar-refractivity contribution >= 4 is 22.9 Å². The summed E-state index contributed by atoms with van der Waals surface area (Å²) in [6.45, 7) is 4.17. The van der Waals surface area contributed by atoms with Crippen LogP contribution in [0.2, 0.25) is 0 Å². The van der Waals surface area contributed by atoms with Crippen LogP contribution in [0.5, 0.6) is 0 Å². The molecule has 4 heteroatoms. The van der Waals surface area contributed by atoms with Gasteiger partial charge in [-0.25, -0.2) is 4.99 Å². The highest BCUT2D eigenvalue weighted by molar-refractivity contribution is 6.18. The van der Waals surface area contributed by atoms with E-state index in [9.17, 15) is 0 Å². The average Bonchev–Trinajstić information content (AvgIpc) is 2.88. The zero-order chi connectivity index (χ0) is 19.7. The van der Waals surface area contributed by atoms with Crippen LogP contribution < -0.4 is 10.3 Å². The summed E-state index contributed by atoms with van der Waals surface area (Å²) in [4.78, 5) is 6.98. The molecule has 0 atom stereocenters. The Labute approximate surface area is 166 Å². The molecule has 3 aromatic carbocycles. The second-order valence-electron chi connectivity index (χ2n) is 7.36. The fraction of sp³-hybridized carbons (Fsp3) is 0.167. The van der Waals surface area contributed by atoms with Crippen molar-refractivity contribution in [3.8, 4) is 0 Å². The molecule has 1 heterocycles. The maximum atomic E-state index is 4.88. The summed E-state index contributed by atoms with van der Waals surface area (Å²) in [5.41, 5.74) is 11.7. The molecule has 4 rings (SSSR count). The highest BCUT2D eigenvalue weighted by Gasteiger charge is 2.17. The maximum Gasteiger partial charge on any atom is 0.154 e. The monoisotopic (exact) mass is 368 g/mol. The van der Waals surface area contributed by atoms with Crippen LogP contribution in [0.1, 0.15) is 27.8 Å². The second-order valence-corrected chi connectivity index (χ2v) is 7.36. The third kappa shape index (κ3) is 3.54. The lowest BCUT2D eigenvalue weighted by Crippen LogP contribution is -2.19. The van der Waals surface area contributed by atoms with Crippen LogP contribution in [-0.4, -0.2) is 25.6 Å². The number of fused-ring (bicyclic) bond motifs is 1. The first-order valence-electron chi connectivity index (χ1n) is 9.39. The van der Waals surface area contributed by atoms with Crippen LogP contribution in [0.25, 0.3) is 0 Å². The van der Waals surface area contributed by atoms with Gasteiger partial charge in [0.1, 0.15) is 0 Å². The third-order valence-corrected chi connectivity index (χ3v) is 4.90. The fourth-order valence-electron chi connectivity index (χ4n) is 3.23. The van der Waals surface area contributed by atoms with Crippen molar-refractivity contribution in [2.24, 2.45) is 10.1 Å². The SMILES string of the molecule is Cc1ccc(C2=Nc3ccc(C)cc3C(c3ccc(N(C)C)cc3)=NN2)cc1. The molecule has 1 aliphatic rings. The molecular weight excluding hydrogens is 344 g/mol. The van der Waals surface area contributed by atoms with E-state index < -0.39 is 0 Å². The summed E-state index contributed by atoms with van der Waals surface area (Å²) < 4.78 is 0. The minimum Gasteiger partial charge on any atom is -0.378 e. The van der Waals surface area contributed by atoms with Gasteiger partial charge in [-0.15, -0.1) is 0 Å². The minimum absolute atomic E-state index is 0.755. The van der Waals surface area contributed by atoms with E-state index in [1.54, 1.807) is 0 Å². The third-order valence-electron chi connectivity index (χ3n) is 4.90. The Morgan fingerprint density at radius 1 is 0.750 bits per heavy atom. The molecule has 28 heavy (non-hydrogen) atoms. The first-order chi connectivity index (χ1) is 13.5. The number of nitrogens with one attached hydrogen (secondary N) is 1. The zero-order valence-electron chi connectivity index (χ0n) is 16.7. The summed E-state index contributed by atoms with van der Waals surface area (Å²) in [5.74, 6) is 0.755. The van der Waals surface area contributed by atoms with Gasteiger partial charge in [0.05, 0.1) is 11.4 Å². The highest BCUT2D eigenvalue weighted by atomic mass is 15.3. The maximum absolute atomic E-state index is 4.88. The Morgan fingerprint density at radius 3 is 2.07 bits per heavy atom. The number of hydrazone groups is 1. The molecule has 4 nitrogen and oxygen atoms in total. The summed E-state index contributed by atoms with van der Waals surface area (Å²) in [6, 6.07) is 23.1. The Hall–Kier alpha value is -3.40. The Kier molecular flexibility index (Phi) is 4.70. The molecule has 1 N–H and O–H groups in total. The van der Waals surface area contributed by atoms with Gasteiger partial charge in [-0.05, 0) is 38.1 Å². The number of nitrogens with zero attached hydrogens (tertiary/aromatic N) is 3. The smallest absolute Gasteiger partial charge is 0.154 e. The Balaban J connectivity index is 1.81. The van der Waals surface area contributed by atoms with Crippen molar-refractivity contribution in [3.05, 3.63) is 94.5 Å². The van der Waals surface area contributed by atoms with E-state index in [4.69, 9.17) is 10.1 Å². The molecule has 0 bridgehead atoms. The Morgan fingerprint density at radius 2 is 1.39 bits per heavy atom. The van der Waals surface area contributed by atoms with Crippen LogP contribution in [0.15, 0.2) is 76.8 Å². The van der Waals surface area contributed by atoms with E-state index in [1.165, 1.54) is 11.1 Å². The van der Waals surface area contributed by atoms with Gasteiger partial charge in [-0.3, -0.25) is 5.43 Å². The molecular formula is C24H24N4. The molecule has 0 radical (unpaired) electrons. The molecule has 0 aromatic heterocycles. The van der Waals surface area contributed by atoms with Crippen molar-refractivity contribution in [3.63, 3.8) is 0 Å². The van der Waals surface area contributed by atoms with Crippen molar-refractivity contribution in [1.29, 1.82) is 0 Å². The quantitative estimate of drug-likeness (QED) is 0.721. The van der Waals surface area contributed by atoms with Crippen LogP contribution in [0.4, 0.5) is 11.4 Å². The standard InChI is InChI=1S/C24H24N4/c1-16-5-8-19(9-6-16)24-25-22-14-7-17(2)15-21(22)23(26-27-24)18-10-12-20(13-11-18)28(3)4/h5-15H,1-4H3,(H,25,27). The van der Waals surface area contributed by atoms with E-state index in [0.29, 0.717) is 0 Å². The number of hydrogen-bond acceptors (Lipinski definition) is 4. The molecule has 0 unspecified atom stereocenters. The second kappa shape index (κ2) is 7.31. The van der Waals surface area contributed by atoms with Crippen molar-refractivity contribution in [2.75, 3.05) is 19.0 Å². The minimum atomic E-state index is 0.755. The van der Waals surface area contributed by atoms with E-state index >= 15 is 0 Å². The number of rotatable bonds is 3. The zero-order valence-corrected chi connectivity index (χ0v) is 16.7. The normalized spacial score (nSPS) is 13.0. The number of amidine groups is 1. The number of aliphatic imine (C=N–C) groups is 1. The van der Waals surface area contributed by atoms with Gasteiger partial charge in [0.25, 0.3) is 0 Å². The molecule has 0 fully saturated rings. The average molecular weight is 368 g/mol. The van der Waals surface area contributed by atoms with Crippen molar-refractivity contribution < 1.29 is 0 Å². The lowest BCUT2D eigenvalue weighted by Gasteiger charge is -2.14. The number of aryl methyl sites for hydroxylation is 2. The number of hydrogen-bond donors (Lipinski definition) is 1.